The van der Waals surface area contributed by atoms with Gasteiger partial charge in [-0.15, -0.1) is 5.10 Å². The maximum atomic E-state index is 11.9. The highest BCUT2D eigenvalue weighted by molar-refractivity contribution is 7.20. The number of nitrogens with one attached hydrogen (secondary N) is 1. The number of hydrogen-bond acceptors (Lipinski definition) is 5. The number of nitrogens with zero attached hydrogens (tertiary/aromatic N) is 3. The van der Waals surface area contributed by atoms with Gasteiger partial charge in [-0.25, -0.2) is 9.50 Å². The third kappa shape index (κ3) is 2.97. The number of anilines is 1. The fourth-order valence-electron chi connectivity index (χ4n) is 2.19. The van der Waals surface area contributed by atoms with Crippen LogP contribution < -0.4 is 5.32 Å². The van der Waals surface area contributed by atoms with Crippen molar-refractivity contribution in [1.29, 1.82) is 0 Å². The lowest BCUT2D eigenvalue weighted by atomic mass is 10.2. The van der Waals surface area contributed by atoms with Gasteiger partial charge in [0.2, 0.25) is 16.0 Å². The van der Waals surface area contributed by atoms with E-state index in [-0.39, 0.29) is 5.91 Å². The van der Waals surface area contributed by atoms with Crippen molar-refractivity contribution in [2.75, 3.05) is 5.32 Å². The smallest absolute Gasteiger partial charge is 0.250 e. The van der Waals surface area contributed by atoms with Crippen molar-refractivity contribution in [3.05, 3.63) is 66.8 Å². The van der Waals surface area contributed by atoms with Crippen molar-refractivity contribution in [1.82, 2.24) is 14.6 Å². The van der Waals surface area contributed by atoms with E-state index in [0.29, 0.717) is 10.9 Å². The molecule has 0 bridgehead atoms. The quantitative estimate of drug-likeness (QED) is 0.577. The summed E-state index contributed by atoms with van der Waals surface area (Å²) in [5.41, 5.74) is 1.88. The Hall–Kier alpha value is -3.19. The molecule has 1 aromatic carbocycles. The molecule has 0 saturated carbocycles. The standard InChI is InChI=1S/C17H12N4O2S/c22-15(9-8-13-7-4-10-23-13)19-16-20-21-11-14(18-17(21)24-16)12-5-2-1-3-6-12/h1-11H,(H,19,20,22). The zero-order valence-electron chi connectivity index (χ0n) is 12.4. The normalized spacial score (nSPS) is 11.3. The van der Waals surface area contributed by atoms with Crippen LogP contribution in [0.5, 0.6) is 0 Å². The summed E-state index contributed by atoms with van der Waals surface area (Å²) < 4.78 is 6.80. The lowest BCUT2D eigenvalue weighted by Gasteiger charge is -1.95. The summed E-state index contributed by atoms with van der Waals surface area (Å²) in [4.78, 5) is 17.1. The minimum Gasteiger partial charge on any atom is -0.465 e. The lowest BCUT2D eigenvalue weighted by Crippen LogP contribution is -2.07. The number of hydrogen-bond donors (Lipinski definition) is 1. The van der Waals surface area contributed by atoms with Crippen molar-refractivity contribution < 1.29 is 9.21 Å². The van der Waals surface area contributed by atoms with Gasteiger partial charge in [0.05, 0.1) is 18.2 Å². The second kappa shape index (κ2) is 6.13. The topological polar surface area (TPSA) is 72.4 Å². The first-order chi connectivity index (χ1) is 11.8. The molecular weight excluding hydrogens is 324 g/mol. The highest BCUT2D eigenvalue weighted by atomic mass is 32.1. The number of benzene rings is 1. The van der Waals surface area contributed by atoms with Crippen LogP contribution in [0.25, 0.3) is 22.3 Å². The first kappa shape index (κ1) is 14.4. The first-order valence-corrected chi connectivity index (χ1v) is 8.04. The summed E-state index contributed by atoms with van der Waals surface area (Å²) in [6.07, 6.45) is 6.40. The van der Waals surface area contributed by atoms with E-state index < -0.39 is 0 Å². The summed E-state index contributed by atoms with van der Waals surface area (Å²) in [5, 5.41) is 7.54. The molecule has 3 heterocycles. The van der Waals surface area contributed by atoms with E-state index in [9.17, 15) is 4.79 Å². The third-order valence-corrected chi connectivity index (χ3v) is 4.12. The van der Waals surface area contributed by atoms with Gasteiger partial charge in [-0.05, 0) is 18.2 Å². The Morgan fingerprint density at radius 3 is 2.83 bits per heavy atom. The molecule has 3 aromatic heterocycles. The van der Waals surface area contributed by atoms with Gasteiger partial charge in [0.1, 0.15) is 5.76 Å². The average Bonchev–Trinajstić information content (AvgIpc) is 3.30. The number of carbonyl (C=O) groups is 1. The molecular formula is C17H12N4O2S. The van der Waals surface area contributed by atoms with Crippen LogP contribution in [0.3, 0.4) is 0 Å². The van der Waals surface area contributed by atoms with Crippen molar-refractivity contribution in [3.63, 3.8) is 0 Å². The van der Waals surface area contributed by atoms with E-state index in [4.69, 9.17) is 4.42 Å². The first-order valence-electron chi connectivity index (χ1n) is 7.22. The van der Waals surface area contributed by atoms with Crippen LogP contribution in [-0.4, -0.2) is 20.5 Å². The lowest BCUT2D eigenvalue weighted by molar-refractivity contribution is -0.111. The molecule has 0 aliphatic carbocycles. The van der Waals surface area contributed by atoms with Crippen LogP contribution in [0.2, 0.25) is 0 Å². The van der Waals surface area contributed by atoms with Gasteiger partial charge in [0.15, 0.2) is 0 Å². The Balaban J connectivity index is 1.49. The minimum atomic E-state index is -0.272. The highest BCUT2D eigenvalue weighted by Gasteiger charge is 2.10. The molecule has 1 amide bonds. The fourth-order valence-corrected chi connectivity index (χ4v) is 2.97. The van der Waals surface area contributed by atoms with Gasteiger partial charge in [-0.3, -0.25) is 10.1 Å². The fraction of sp³-hybridized carbons (Fsp3) is 0. The van der Waals surface area contributed by atoms with E-state index in [1.165, 1.54) is 17.4 Å². The Morgan fingerprint density at radius 1 is 1.21 bits per heavy atom. The largest absolute Gasteiger partial charge is 0.465 e. The third-order valence-electron chi connectivity index (χ3n) is 3.29. The highest BCUT2D eigenvalue weighted by Crippen LogP contribution is 2.24. The van der Waals surface area contributed by atoms with E-state index in [1.807, 2.05) is 36.5 Å². The van der Waals surface area contributed by atoms with Gasteiger partial charge in [-0.2, -0.15) is 0 Å². The predicted octanol–water partition coefficient (Wildman–Crippen LogP) is 3.70. The van der Waals surface area contributed by atoms with Gasteiger partial charge >= 0.3 is 0 Å². The molecule has 24 heavy (non-hydrogen) atoms. The number of amides is 1. The number of carbonyl (C=O) groups excluding carboxylic acids is 1. The number of imidazole rings is 1. The van der Waals surface area contributed by atoms with Gasteiger partial charge < -0.3 is 4.42 Å². The van der Waals surface area contributed by atoms with E-state index in [1.54, 1.807) is 29.0 Å². The SMILES string of the molecule is O=C(C=Cc1ccco1)Nc1nn2cc(-c3ccccc3)nc2s1. The molecule has 0 aliphatic heterocycles. The van der Waals surface area contributed by atoms with Gasteiger partial charge in [0, 0.05) is 11.6 Å². The maximum Gasteiger partial charge on any atom is 0.250 e. The average molecular weight is 336 g/mol. The molecule has 1 N–H and O–H groups in total. The molecule has 4 aromatic rings. The van der Waals surface area contributed by atoms with Crippen LogP contribution in [0.1, 0.15) is 5.76 Å². The Labute approximate surface area is 141 Å². The molecule has 7 heteroatoms. The number of furan rings is 1. The van der Waals surface area contributed by atoms with E-state index in [2.05, 4.69) is 15.4 Å². The zero-order valence-corrected chi connectivity index (χ0v) is 13.2. The summed E-state index contributed by atoms with van der Waals surface area (Å²) >= 11 is 1.32. The molecule has 118 valence electrons. The summed E-state index contributed by atoms with van der Waals surface area (Å²) in [7, 11) is 0. The van der Waals surface area contributed by atoms with Crippen LogP contribution in [0.4, 0.5) is 5.13 Å². The summed E-state index contributed by atoms with van der Waals surface area (Å²) in [6, 6.07) is 13.4. The Bertz CT molecular complexity index is 969. The van der Waals surface area contributed by atoms with Crippen LogP contribution in [-0.2, 0) is 4.79 Å². The molecule has 6 nitrogen and oxygen atoms in total. The molecule has 0 radical (unpaired) electrons. The van der Waals surface area contributed by atoms with Crippen LogP contribution in [0, 0.1) is 0 Å². The second-order valence-electron chi connectivity index (χ2n) is 4.96. The molecule has 4 rings (SSSR count). The molecule has 0 unspecified atom stereocenters. The Morgan fingerprint density at radius 2 is 2.08 bits per heavy atom. The van der Waals surface area contributed by atoms with Crippen molar-refractivity contribution in [3.8, 4) is 11.3 Å². The molecule has 0 aliphatic rings. The second-order valence-corrected chi connectivity index (χ2v) is 5.92. The molecule has 0 spiro atoms. The molecule has 0 fully saturated rings. The zero-order chi connectivity index (χ0) is 16.4. The van der Waals surface area contributed by atoms with Crippen LogP contribution >= 0.6 is 11.3 Å². The summed E-state index contributed by atoms with van der Waals surface area (Å²) in [5.74, 6) is 0.346. The number of aromatic nitrogens is 3. The monoisotopic (exact) mass is 336 g/mol. The predicted molar refractivity (Wildman–Crippen MR) is 92.7 cm³/mol. The maximum absolute atomic E-state index is 11.9. The minimum absolute atomic E-state index is 0.272. The molecule has 0 atom stereocenters. The molecule has 0 saturated heterocycles. The number of rotatable bonds is 4. The van der Waals surface area contributed by atoms with Crippen LogP contribution in [0.15, 0.2) is 65.4 Å². The Kier molecular flexibility index (Phi) is 3.68. The van der Waals surface area contributed by atoms with Crippen molar-refractivity contribution >= 4 is 33.4 Å². The van der Waals surface area contributed by atoms with E-state index in [0.717, 1.165) is 16.2 Å². The van der Waals surface area contributed by atoms with Crippen molar-refractivity contribution in [2.24, 2.45) is 0 Å². The van der Waals surface area contributed by atoms with E-state index >= 15 is 0 Å². The number of fused-ring (bicyclic) bond motifs is 1. The van der Waals surface area contributed by atoms with Gasteiger partial charge in [-0.1, -0.05) is 41.7 Å². The van der Waals surface area contributed by atoms with Crippen molar-refractivity contribution in [2.45, 2.75) is 0 Å². The van der Waals surface area contributed by atoms with Gasteiger partial charge in [0.25, 0.3) is 0 Å². The summed E-state index contributed by atoms with van der Waals surface area (Å²) in [6.45, 7) is 0.